The van der Waals surface area contributed by atoms with E-state index in [-0.39, 0.29) is 5.41 Å². The van der Waals surface area contributed by atoms with Gasteiger partial charge in [-0.1, -0.05) is 55.8 Å². The molecule has 5 nitrogen and oxygen atoms in total. The topological polar surface area (TPSA) is 71.5 Å². The number of hydrogen-bond donors (Lipinski definition) is 2. The predicted molar refractivity (Wildman–Crippen MR) is 152 cm³/mol. The molecule has 0 unspecified atom stereocenters. The van der Waals surface area contributed by atoms with Crippen molar-refractivity contribution in [1.29, 1.82) is 0 Å². The molecule has 0 bridgehead atoms. The van der Waals surface area contributed by atoms with Crippen molar-refractivity contribution in [2.75, 3.05) is 11.9 Å². The standard InChI is InChI=1S/C32H37ClN2O3/c1-22(2)24(21-38-28-10-16-34-17-11-28)19-25-18-23-6-3-4-9-29(23)31(25)12-14-32(15-13-31,30(36)37)35-27-8-5-7-26(33)20-27/h3-11,16-17,20,22,24-25,35H,12-15,18-19,21H2,1-2H3,(H,36,37)/t24-,25-,31?,32?/m0/s1. The molecule has 2 aliphatic carbocycles. The fourth-order valence-corrected chi connectivity index (χ4v) is 6.94. The second-order valence-electron chi connectivity index (χ2n) is 11.5. The number of rotatable bonds is 9. The lowest BCUT2D eigenvalue weighted by Crippen LogP contribution is -2.53. The zero-order valence-electron chi connectivity index (χ0n) is 22.2. The number of nitrogens with zero attached hydrogens (tertiary/aromatic N) is 1. The number of carboxylic acid groups (broad SMARTS) is 1. The van der Waals surface area contributed by atoms with Crippen LogP contribution in [0.3, 0.4) is 0 Å². The quantitative estimate of drug-likeness (QED) is 0.300. The third-order valence-corrected chi connectivity index (χ3v) is 9.29. The largest absolute Gasteiger partial charge is 0.493 e. The molecular weight excluding hydrogens is 496 g/mol. The molecule has 2 atom stereocenters. The van der Waals surface area contributed by atoms with E-state index in [1.807, 2.05) is 24.3 Å². The van der Waals surface area contributed by atoms with Crippen molar-refractivity contribution in [3.05, 3.63) is 89.2 Å². The van der Waals surface area contributed by atoms with Crippen LogP contribution in [0.1, 0.15) is 57.1 Å². The number of aromatic nitrogens is 1. The summed E-state index contributed by atoms with van der Waals surface area (Å²) in [7, 11) is 0. The van der Waals surface area contributed by atoms with Crippen LogP contribution in [-0.2, 0) is 16.6 Å². The Bertz CT molecular complexity index is 1250. The van der Waals surface area contributed by atoms with Crippen molar-refractivity contribution in [2.24, 2.45) is 17.8 Å². The Hall–Kier alpha value is -3.05. The minimum absolute atomic E-state index is 0.0185. The summed E-state index contributed by atoms with van der Waals surface area (Å²) >= 11 is 6.20. The molecule has 1 aromatic heterocycles. The molecular formula is C32H37ClN2O3. The summed E-state index contributed by atoms with van der Waals surface area (Å²) in [5.41, 5.74) is 2.58. The summed E-state index contributed by atoms with van der Waals surface area (Å²) < 4.78 is 6.19. The predicted octanol–water partition coefficient (Wildman–Crippen LogP) is 7.40. The van der Waals surface area contributed by atoms with Crippen LogP contribution >= 0.6 is 11.6 Å². The fraction of sp³-hybridized carbons (Fsp3) is 0.438. The molecule has 6 heteroatoms. The highest BCUT2D eigenvalue weighted by Crippen LogP contribution is 2.56. The van der Waals surface area contributed by atoms with Gasteiger partial charge in [-0.05, 0) is 103 Å². The molecule has 0 aliphatic heterocycles. The van der Waals surface area contributed by atoms with Crippen molar-refractivity contribution in [3.63, 3.8) is 0 Å². The molecule has 38 heavy (non-hydrogen) atoms. The third-order valence-electron chi connectivity index (χ3n) is 9.06. The van der Waals surface area contributed by atoms with Gasteiger partial charge in [0.1, 0.15) is 11.3 Å². The third kappa shape index (κ3) is 5.26. The average Bonchev–Trinajstić information content (AvgIpc) is 3.21. The molecule has 200 valence electrons. The lowest BCUT2D eigenvalue weighted by molar-refractivity contribution is -0.144. The SMILES string of the molecule is CC(C)[C@H](COc1ccncc1)C[C@@H]1Cc2ccccc2C12CCC(Nc1cccc(Cl)c1)(C(=O)O)CC2. The monoisotopic (exact) mass is 532 g/mol. The van der Waals surface area contributed by atoms with Crippen molar-refractivity contribution < 1.29 is 14.6 Å². The Balaban J connectivity index is 1.38. The van der Waals surface area contributed by atoms with Gasteiger partial charge in [-0.15, -0.1) is 0 Å². The first kappa shape index (κ1) is 26.6. The second-order valence-corrected chi connectivity index (χ2v) is 11.9. The van der Waals surface area contributed by atoms with Crippen LogP contribution in [0.5, 0.6) is 5.75 Å². The lowest BCUT2D eigenvalue weighted by Gasteiger charge is -2.47. The number of hydrogen-bond acceptors (Lipinski definition) is 4. The molecule has 5 rings (SSSR count). The van der Waals surface area contributed by atoms with Crippen LogP contribution in [0, 0.1) is 17.8 Å². The lowest BCUT2D eigenvalue weighted by atomic mass is 9.59. The van der Waals surface area contributed by atoms with Crippen molar-refractivity contribution in [2.45, 2.75) is 63.3 Å². The first-order valence-electron chi connectivity index (χ1n) is 13.7. The van der Waals surface area contributed by atoms with E-state index in [1.54, 1.807) is 24.5 Å². The number of anilines is 1. The van der Waals surface area contributed by atoms with E-state index < -0.39 is 11.5 Å². The molecule has 0 radical (unpaired) electrons. The highest BCUT2D eigenvalue weighted by molar-refractivity contribution is 6.30. The van der Waals surface area contributed by atoms with E-state index in [4.69, 9.17) is 16.3 Å². The molecule has 3 aromatic rings. The van der Waals surface area contributed by atoms with Gasteiger partial charge >= 0.3 is 5.97 Å². The van der Waals surface area contributed by atoms with Crippen molar-refractivity contribution in [1.82, 2.24) is 4.98 Å². The van der Waals surface area contributed by atoms with Gasteiger partial charge in [-0.3, -0.25) is 4.98 Å². The Morgan fingerprint density at radius 3 is 2.50 bits per heavy atom. The summed E-state index contributed by atoms with van der Waals surface area (Å²) in [6.07, 6.45) is 8.43. The van der Waals surface area contributed by atoms with E-state index in [0.717, 1.165) is 37.1 Å². The van der Waals surface area contributed by atoms with E-state index in [1.165, 1.54) is 11.1 Å². The summed E-state index contributed by atoms with van der Waals surface area (Å²) in [5, 5.41) is 14.4. The number of fused-ring (bicyclic) bond motifs is 2. The summed E-state index contributed by atoms with van der Waals surface area (Å²) in [6.45, 7) is 5.22. The van der Waals surface area contributed by atoms with Crippen LogP contribution in [-0.4, -0.2) is 28.2 Å². The summed E-state index contributed by atoms with van der Waals surface area (Å²) in [5.74, 6) is 1.39. The van der Waals surface area contributed by atoms with Gasteiger partial charge < -0.3 is 15.2 Å². The first-order valence-corrected chi connectivity index (χ1v) is 14.1. The Kier molecular flexibility index (Phi) is 7.67. The molecule has 0 saturated heterocycles. The average molecular weight is 533 g/mol. The van der Waals surface area contributed by atoms with E-state index in [0.29, 0.717) is 42.2 Å². The molecule has 0 amide bonds. The van der Waals surface area contributed by atoms with E-state index in [2.05, 4.69) is 48.4 Å². The maximum Gasteiger partial charge on any atom is 0.329 e. The van der Waals surface area contributed by atoms with Gasteiger partial charge in [0.15, 0.2) is 0 Å². The molecule has 1 heterocycles. The number of carbonyl (C=O) groups is 1. The summed E-state index contributed by atoms with van der Waals surface area (Å²) in [6, 6.07) is 20.0. The first-order chi connectivity index (χ1) is 18.3. The van der Waals surface area contributed by atoms with Crippen LogP contribution in [0.4, 0.5) is 5.69 Å². The minimum Gasteiger partial charge on any atom is -0.493 e. The number of pyridine rings is 1. The molecule has 1 fully saturated rings. The van der Waals surface area contributed by atoms with Crippen LogP contribution < -0.4 is 10.1 Å². The van der Waals surface area contributed by atoms with Crippen molar-refractivity contribution in [3.8, 4) is 5.75 Å². The minimum atomic E-state index is -1.00. The molecule has 2 aliphatic rings. The van der Waals surface area contributed by atoms with Gasteiger partial charge in [-0.2, -0.15) is 0 Å². The maximum atomic E-state index is 12.7. The molecule has 1 spiro atoms. The van der Waals surface area contributed by atoms with Gasteiger partial charge in [0, 0.05) is 23.1 Å². The van der Waals surface area contributed by atoms with E-state index in [9.17, 15) is 9.90 Å². The fourth-order valence-electron chi connectivity index (χ4n) is 6.74. The smallest absolute Gasteiger partial charge is 0.329 e. The number of ether oxygens (including phenoxy) is 1. The zero-order chi connectivity index (χ0) is 26.8. The molecule has 2 aromatic carbocycles. The second kappa shape index (κ2) is 11.0. The number of carboxylic acids is 1. The molecule has 1 saturated carbocycles. The number of halogens is 1. The maximum absolute atomic E-state index is 12.7. The number of nitrogens with one attached hydrogen (secondary N) is 1. The number of aliphatic carboxylic acids is 1. The highest BCUT2D eigenvalue weighted by atomic mass is 35.5. The van der Waals surface area contributed by atoms with E-state index >= 15 is 0 Å². The Morgan fingerprint density at radius 2 is 1.82 bits per heavy atom. The normalized spacial score (nSPS) is 25.2. The van der Waals surface area contributed by atoms with Gasteiger partial charge in [0.2, 0.25) is 0 Å². The van der Waals surface area contributed by atoms with Crippen LogP contribution in [0.15, 0.2) is 73.1 Å². The van der Waals surface area contributed by atoms with Gasteiger partial charge in [0.05, 0.1) is 6.61 Å². The van der Waals surface area contributed by atoms with Crippen molar-refractivity contribution >= 4 is 23.3 Å². The Labute approximate surface area is 230 Å². The van der Waals surface area contributed by atoms with Gasteiger partial charge in [0.25, 0.3) is 0 Å². The zero-order valence-corrected chi connectivity index (χ0v) is 23.0. The Morgan fingerprint density at radius 1 is 1.08 bits per heavy atom. The molecule has 2 N–H and O–H groups in total. The van der Waals surface area contributed by atoms with Crippen LogP contribution in [0.2, 0.25) is 5.02 Å². The highest BCUT2D eigenvalue weighted by Gasteiger charge is 2.54. The number of benzene rings is 2. The summed E-state index contributed by atoms with van der Waals surface area (Å²) in [4.78, 5) is 16.8. The van der Waals surface area contributed by atoms with Gasteiger partial charge in [-0.25, -0.2) is 4.79 Å². The van der Waals surface area contributed by atoms with Crippen LogP contribution in [0.25, 0.3) is 0 Å².